The number of ether oxygens (including phenoxy) is 2. The van der Waals surface area contributed by atoms with Crippen LogP contribution in [0.2, 0.25) is 0 Å². The molecule has 2 aromatic carbocycles. The number of aromatic carboxylic acids is 1. The Kier molecular flexibility index (Phi) is 5.26. The largest absolute Gasteiger partial charge is 0.493 e. The number of nitrogens with one attached hydrogen (secondary N) is 1. The molecule has 1 aromatic heterocycles. The summed E-state index contributed by atoms with van der Waals surface area (Å²) in [5.74, 6) is -1.41. The number of fused-ring (bicyclic) bond motifs is 1. The molecule has 0 aliphatic rings. The maximum absolute atomic E-state index is 12.7. The Morgan fingerprint density at radius 1 is 1.10 bits per heavy atom. The van der Waals surface area contributed by atoms with Gasteiger partial charge in [-0.3, -0.25) is 14.9 Å². The smallest absolute Gasteiger partial charge is 0.355 e. The van der Waals surface area contributed by atoms with E-state index >= 15 is 0 Å². The van der Waals surface area contributed by atoms with Gasteiger partial charge < -0.3 is 19.9 Å². The highest BCUT2D eigenvalue weighted by molar-refractivity contribution is 6.14. The van der Waals surface area contributed by atoms with Crippen LogP contribution < -0.4 is 14.8 Å². The van der Waals surface area contributed by atoms with Crippen LogP contribution in [0, 0.1) is 10.1 Å². The quantitative estimate of drug-likeness (QED) is 0.477. The molecule has 0 saturated heterocycles. The highest BCUT2D eigenvalue weighted by atomic mass is 16.6. The summed E-state index contributed by atoms with van der Waals surface area (Å²) in [4.78, 5) is 38.3. The van der Waals surface area contributed by atoms with Gasteiger partial charge in [0.05, 0.1) is 24.8 Å². The van der Waals surface area contributed by atoms with E-state index in [0.717, 1.165) is 0 Å². The lowest BCUT2D eigenvalue weighted by Crippen LogP contribution is -2.14. The van der Waals surface area contributed by atoms with Gasteiger partial charge >= 0.3 is 5.97 Å². The third-order valence-electron chi connectivity index (χ3n) is 4.19. The van der Waals surface area contributed by atoms with Crippen LogP contribution >= 0.6 is 0 Å². The standard InChI is InChI=1S/C19H15N3O7/c1-28-14-9-13-12(7-8-20-16(13)19(24)25)15(17(14)29-2)21-18(23)10-3-5-11(6-4-10)22(26)27/h3-9H,1-2H3,(H,21,23)(H,24,25). The predicted molar refractivity (Wildman–Crippen MR) is 103 cm³/mol. The number of methoxy groups -OCH3 is 2. The third kappa shape index (κ3) is 3.63. The van der Waals surface area contributed by atoms with Crippen LogP contribution in [0.3, 0.4) is 0 Å². The minimum absolute atomic E-state index is 0.150. The van der Waals surface area contributed by atoms with Gasteiger partial charge in [-0.1, -0.05) is 0 Å². The molecule has 148 valence electrons. The Bertz CT molecular complexity index is 1130. The first-order valence-corrected chi connectivity index (χ1v) is 8.20. The monoisotopic (exact) mass is 397 g/mol. The number of nitro benzene ring substituents is 1. The SMILES string of the molecule is COc1cc2c(C(=O)O)nccc2c(NC(=O)c2ccc([N+](=O)[O-])cc2)c1OC. The van der Waals surface area contributed by atoms with Gasteiger partial charge in [0.2, 0.25) is 0 Å². The molecule has 10 heteroatoms. The number of anilines is 1. The van der Waals surface area contributed by atoms with Crippen molar-refractivity contribution in [3.05, 3.63) is 64.0 Å². The van der Waals surface area contributed by atoms with Gasteiger partial charge in [-0.2, -0.15) is 0 Å². The van der Waals surface area contributed by atoms with Crippen molar-refractivity contribution in [3.8, 4) is 11.5 Å². The van der Waals surface area contributed by atoms with Crippen LogP contribution in [0.4, 0.5) is 11.4 Å². The normalized spacial score (nSPS) is 10.4. The summed E-state index contributed by atoms with van der Waals surface area (Å²) >= 11 is 0. The molecule has 2 N–H and O–H groups in total. The second-order valence-electron chi connectivity index (χ2n) is 5.81. The topological polar surface area (TPSA) is 141 Å². The fraction of sp³-hybridized carbons (Fsp3) is 0.105. The maximum atomic E-state index is 12.7. The molecule has 1 amide bonds. The number of non-ortho nitro benzene ring substituents is 1. The lowest BCUT2D eigenvalue weighted by molar-refractivity contribution is -0.384. The molecule has 29 heavy (non-hydrogen) atoms. The van der Waals surface area contributed by atoms with Crippen LogP contribution in [0.15, 0.2) is 42.6 Å². The second-order valence-corrected chi connectivity index (χ2v) is 5.81. The molecule has 0 atom stereocenters. The fourth-order valence-corrected chi connectivity index (χ4v) is 2.85. The summed E-state index contributed by atoms with van der Waals surface area (Å²) in [6.45, 7) is 0. The first kappa shape index (κ1) is 19.5. The number of amides is 1. The summed E-state index contributed by atoms with van der Waals surface area (Å²) in [7, 11) is 2.76. The number of aromatic nitrogens is 1. The van der Waals surface area contributed by atoms with Crippen LogP contribution in [0.5, 0.6) is 11.5 Å². The van der Waals surface area contributed by atoms with Crippen molar-refractivity contribution in [2.45, 2.75) is 0 Å². The zero-order chi connectivity index (χ0) is 21.1. The molecule has 3 aromatic rings. The van der Waals surface area contributed by atoms with Crippen LogP contribution in [0.25, 0.3) is 10.8 Å². The molecular weight excluding hydrogens is 382 g/mol. The zero-order valence-electron chi connectivity index (χ0n) is 15.3. The lowest BCUT2D eigenvalue weighted by atomic mass is 10.1. The molecular formula is C19H15N3O7. The molecule has 0 aliphatic heterocycles. The van der Waals surface area contributed by atoms with Gasteiger partial charge in [0, 0.05) is 34.7 Å². The zero-order valence-corrected chi connectivity index (χ0v) is 15.3. The van der Waals surface area contributed by atoms with Gasteiger partial charge in [0.25, 0.3) is 11.6 Å². The molecule has 0 fully saturated rings. The van der Waals surface area contributed by atoms with Gasteiger partial charge in [-0.15, -0.1) is 0 Å². The van der Waals surface area contributed by atoms with Gasteiger partial charge in [0.15, 0.2) is 17.2 Å². The Morgan fingerprint density at radius 3 is 2.34 bits per heavy atom. The van der Waals surface area contributed by atoms with E-state index in [0.29, 0.717) is 5.39 Å². The molecule has 0 radical (unpaired) electrons. The average Bonchev–Trinajstić information content (AvgIpc) is 2.72. The molecule has 0 unspecified atom stereocenters. The van der Waals surface area contributed by atoms with Gasteiger partial charge in [-0.25, -0.2) is 9.78 Å². The van der Waals surface area contributed by atoms with Crippen molar-refractivity contribution in [2.24, 2.45) is 0 Å². The second kappa shape index (κ2) is 7.80. The Hall–Kier alpha value is -4.21. The highest BCUT2D eigenvalue weighted by Crippen LogP contribution is 2.42. The van der Waals surface area contributed by atoms with E-state index < -0.39 is 16.8 Å². The first-order valence-electron chi connectivity index (χ1n) is 8.20. The van der Waals surface area contributed by atoms with Crippen molar-refractivity contribution in [1.82, 2.24) is 4.98 Å². The number of hydrogen-bond acceptors (Lipinski definition) is 7. The molecule has 0 bridgehead atoms. The van der Waals surface area contributed by atoms with E-state index in [1.807, 2.05) is 0 Å². The fourth-order valence-electron chi connectivity index (χ4n) is 2.85. The van der Waals surface area contributed by atoms with Gasteiger partial charge in [0.1, 0.15) is 0 Å². The van der Waals surface area contributed by atoms with Crippen molar-refractivity contribution < 1.29 is 29.1 Å². The molecule has 10 nitrogen and oxygen atoms in total. The number of benzene rings is 2. The Morgan fingerprint density at radius 2 is 1.79 bits per heavy atom. The van der Waals surface area contributed by atoms with E-state index in [9.17, 15) is 24.8 Å². The van der Waals surface area contributed by atoms with E-state index in [2.05, 4.69) is 10.3 Å². The number of hydrogen-bond donors (Lipinski definition) is 2. The van der Waals surface area contributed by atoms with Crippen LogP contribution in [-0.4, -0.2) is 41.1 Å². The first-order chi connectivity index (χ1) is 13.9. The molecule has 0 spiro atoms. The number of carboxylic acid groups (broad SMARTS) is 1. The molecule has 0 aliphatic carbocycles. The van der Waals surface area contributed by atoms with Crippen molar-refractivity contribution in [3.63, 3.8) is 0 Å². The number of carbonyl (C=O) groups is 2. The minimum atomic E-state index is -1.24. The lowest BCUT2D eigenvalue weighted by Gasteiger charge is -2.17. The number of carboxylic acids is 1. The summed E-state index contributed by atoms with van der Waals surface area (Å²) < 4.78 is 10.6. The van der Waals surface area contributed by atoms with Crippen LogP contribution in [-0.2, 0) is 0 Å². The summed E-state index contributed by atoms with van der Waals surface area (Å²) in [6.07, 6.45) is 1.30. The average molecular weight is 397 g/mol. The Balaban J connectivity index is 2.14. The third-order valence-corrected chi connectivity index (χ3v) is 4.19. The van der Waals surface area contributed by atoms with E-state index in [-0.39, 0.29) is 39.5 Å². The minimum Gasteiger partial charge on any atom is -0.493 e. The van der Waals surface area contributed by atoms with Gasteiger partial charge in [-0.05, 0) is 24.3 Å². The van der Waals surface area contributed by atoms with Crippen molar-refractivity contribution in [2.75, 3.05) is 19.5 Å². The number of nitro groups is 1. The summed E-state index contributed by atoms with van der Waals surface area (Å²) in [5.41, 5.74) is -0.00587. The molecule has 1 heterocycles. The number of carbonyl (C=O) groups excluding carboxylic acids is 1. The van der Waals surface area contributed by atoms with E-state index in [1.165, 1.54) is 56.8 Å². The molecule has 3 rings (SSSR count). The summed E-state index contributed by atoms with van der Waals surface area (Å²) in [6, 6.07) is 8.05. The number of rotatable bonds is 6. The number of nitrogens with zero attached hydrogens (tertiary/aromatic N) is 2. The summed E-state index contributed by atoms with van der Waals surface area (Å²) in [5, 5.41) is 23.5. The van der Waals surface area contributed by atoms with E-state index in [4.69, 9.17) is 9.47 Å². The van der Waals surface area contributed by atoms with E-state index in [1.54, 1.807) is 0 Å². The molecule has 0 saturated carbocycles. The maximum Gasteiger partial charge on any atom is 0.355 e. The van der Waals surface area contributed by atoms with Crippen LogP contribution in [0.1, 0.15) is 20.8 Å². The van der Waals surface area contributed by atoms with Crippen molar-refractivity contribution in [1.29, 1.82) is 0 Å². The highest BCUT2D eigenvalue weighted by Gasteiger charge is 2.22. The predicted octanol–water partition coefficient (Wildman–Crippen LogP) is 3.11. The van der Waals surface area contributed by atoms with Crippen molar-refractivity contribution >= 4 is 34.0 Å². The Labute approximate surface area is 163 Å². The number of pyridine rings is 1.